The Morgan fingerprint density at radius 3 is 2.61 bits per heavy atom. The van der Waals surface area contributed by atoms with Gasteiger partial charge in [0.05, 0.1) is 12.2 Å². The molecule has 3 N–H and O–H groups in total. The number of carbonyl (C=O) groups excluding carboxylic acids is 2. The number of aliphatic hydroxyl groups is 1. The Balaban J connectivity index is 1.29. The number of benzene rings is 2. The summed E-state index contributed by atoms with van der Waals surface area (Å²) in [5, 5.41) is 11.8. The van der Waals surface area contributed by atoms with Crippen molar-refractivity contribution in [1.29, 1.82) is 0 Å². The molecule has 0 amide bonds. The van der Waals surface area contributed by atoms with Crippen molar-refractivity contribution < 1.29 is 42.1 Å². The average molecular weight is 610 g/mol. The summed E-state index contributed by atoms with van der Waals surface area (Å²) >= 11 is 0. The van der Waals surface area contributed by atoms with Crippen LogP contribution in [0.2, 0.25) is 0 Å². The van der Waals surface area contributed by atoms with Gasteiger partial charge in [0.1, 0.15) is 24.3 Å². The lowest BCUT2D eigenvalue weighted by Crippen LogP contribution is -2.70. The number of ketones is 2. The number of allylic oxidation sites excluding steroid dienone is 4. The number of hydrogen-bond acceptors (Lipinski definition) is 7. The van der Waals surface area contributed by atoms with Gasteiger partial charge in [-0.25, -0.2) is 13.2 Å². The Hall–Kier alpha value is -3.47. The van der Waals surface area contributed by atoms with Crippen LogP contribution in [0.25, 0.3) is 0 Å². The van der Waals surface area contributed by atoms with Crippen molar-refractivity contribution in [3.8, 4) is 5.75 Å². The molecule has 0 spiro atoms. The molecule has 2 aromatic carbocycles. The van der Waals surface area contributed by atoms with Crippen molar-refractivity contribution in [2.75, 3.05) is 12.3 Å². The number of hydrogen-bond donors (Lipinski definition) is 2. The highest BCUT2D eigenvalue weighted by Gasteiger charge is 2.80. The number of nitrogen functional groups attached to an aromatic ring is 1. The lowest BCUT2D eigenvalue weighted by Gasteiger charge is -2.63. The number of alkyl halides is 2. The molecule has 7 nitrogen and oxygen atoms in total. The van der Waals surface area contributed by atoms with Gasteiger partial charge in [-0.3, -0.25) is 9.59 Å². The number of fused-ring (bicyclic) bond motifs is 7. The van der Waals surface area contributed by atoms with Crippen LogP contribution in [0, 0.1) is 28.5 Å². The van der Waals surface area contributed by atoms with Crippen molar-refractivity contribution in [3.63, 3.8) is 0 Å². The number of halogens is 3. The Morgan fingerprint density at radius 2 is 1.89 bits per heavy atom. The summed E-state index contributed by atoms with van der Waals surface area (Å²) in [5.41, 5.74) is -0.144. The Kier molecular flexibility index (Phi) is 6.49. The summed E-state index contributed by atoms with van der Waals surface area (Å²) in [6, 6.07) is 12.2. The van der Waals surface area contributed by atoms with Crippen LogP contribution in [-0.2, 0) is 19.1 Å². The number of aliphatic hydroxyl groups excluding tert-OH is 1. The predicted molar refractivity (Wildman–Crippen MR) is 153 cm³/mol. The average Bonchev–Trinajstić information content (AvgIpc) is 3.49. The summed E-state index contributed by atoms with van der Waals surface area (Å²) in [7, 11) is 0. The molecule has 0 bridgehead atoms. The fourth-order valence-corrected chi connectivity index (χ4v) is 9.07. The molecular weight excluding hydrogens is 575 g/mol. The number of Topliss-reactive ketones (excluding diaryl/α,β-unsaturated/α-hetero) is 1. The highest BCUT2D eigenvalue weighted by atomic mass is 19.1. The Bertz CT molecular complexity index is 1600. The first-order chi connectivity index (χ1) is 20.8. The van der Waals surface area contributed by atoms with E-state index in [-0.39, 0.29) is 24.8 Å². The maximum absolute atomic E-state index is 17.7. The zero-order valence-electron chi connectivity index (χ0n) is 24.3. The quantitative estimate of drug-likeness (QED) is 0.452. The van der Waals surface area contributed by atoms with Crippen LogP contribution in [0.3, 0.4) is 0 Å². The van der Waals surface area contributed by atoms with Gasteiger partial charge in [-0.05, 0) is 86.2 Å². The van der Waals surface area contributed by atoms with Crippen molar-refractivity contribution in [2.45, 2.75) is 69.0 Å². The van der Waals surface area contributed by atoms with Crippen LogP contribution in [-0.4, -0.2) is 52.9 Å². The minimum Gasteiger partial charge on any atom is -0.486 e. The molecule has 4 fully saturated rings. The van der Waals surface area contributed by atoms with Gasteiger partial charge < -0.3 is 25.1 Å². The summed E-state index contributed by atoms with van der Waals surface area (Å²) in [5.74, 6) is -2.69. The zero-order valence-corrected chi connectivity index (χ0v) is 24.3. The number of rotatable bonds is 5. The predicted octanol–water partition coefficient (Wildman–Crippen LogP) is 5.14. The fourth-order valence-electron chi connectivity index (χ4n) is 9.07. The first-order valence-electron chi connectivity index (χ1n) is 14.9. The van der Waals surface area contributed by atoms with E-state index in [1.54, 1.807) is 37.3 Å². The number of nitrogens with two attached hydrogens (primary N) is 1. The highest BCUT2D eigenvalue weighted by Crippen LogP contribution is 2.72. The van der Waals surface area contributed by atoms with E-state index in [0.29, 0.717) is 17.0 Å². The molecule has 10 atom stereocenters. The summed E-state index contributed by atoms with van der Waals surface area (Å²) in [6.45, 7) is 2.86. The fraction of sp³-hybridized carbons (Fsp3) is 0.471. The normalized spacial score (nSPS) is 42.1. The number of carbonyl (C=O) groups is 2. The standard InChI is InChI=1S/C34H34F3NO6/c1-31-11-10-21(39)13-25(31)26(36)14-24-23-15-29-34(32(23,2)16-27(40)33(24,31)37,28(41)17-42-22-8-6-20(38)7-9-22)44-30(43-29)18-4-3-5-19(35)12-18/h3-13,23-24,26-27,29-30,40H,14-17,38H2,1-2H3/t23-,24-,26-,27-,29+,30+,31-,32-,33-,34+/m0/s1. The lowest BCUT2D eigenvalue weighted by atomic mass is 9.44. The van der Waals surface area contributed by atoms with Gasteiger partial charge in [-0.15, -0.1) is 0 Å². The van der Waals surface area contributed by atoms with E-state index in [0.717, 1.165) is 6.08 Å². The van der Waals surface area contributed by atoms with Crippen LogP contribution in [0.4, 0.5) is 18.9 Å². The molecule has 7 rings (SSSR count). The zero-order chi connectivity index (χ0) is 31.2. The number of ether oxygens (including phenoxy) is 3. The van der Waals surface area contributed by atoms with Crippen LogP contribution in [0.5, 0.6) is 5.75 Å². The molecule has 0 unspecified atom stereocenters. The summed E-state index contributed by atoms with van der Waals surface area (Å²) in [4.78, 5) is 26.6. The molecule has 10 heteroatoms. The topological polar surface area (TPSA) is 108 Å². The van der Waals surface area contributed by atoms with Crippen molar-refractivity contribution in [2.24, 2.45) is 22.7 Å². The first kappa shape index (κ1) is 29.3. The minimum absolute atomic E-state index is 0.0194. The van der Waals surface area contributed by atoms with Crippen LogP contribution in [0.15, 0.2) is 72.3 Å². The van der Waals surface area contributed by atoms with E-state index >= 15 is 8.78 Å². The maximum atomic E-state index is 17.7. The lowest BCUT2D eigenvalue weighted by molar-refractivity contribution is -0.235. The summed E-state index contributed by atoms with van der Waals surface area (Å²) < 4.78 is 66.5. The second-order valence-corrected chi connectivity index (χ2v) is 13.2. The van der Waals surface area contributed by atoms with E-state index < -0.39 is 82.6 Å². The second kappa shape index (κ2) is 9.76. The van der Waals surface area contributed by atoms with Crippen LogP contribution in [0.1, 0.15) is 45.0 Å². The molecule has 44 heavy (non-hydrogen) atoms. The van der Waals surface area contributed by atoms with Gasteiger partial charge >= 0.3 is 0 Å². The largest absolute Gasteiger partial charge is 0.486 e. The van der Waals surface area contributed by atoms with Crippen molar-refractivity contribution in [1.82, 2.24) is 0 Å². The Morgan fingerprint density at radius 1 is 1.14 bits per heavy atom. The van der Waals surface area contributed by atoms with Crippen LogP contribution < -0.4 is 10.5 Å². The molecular formula is C34H34F3NO6. The van der Waals surface area contributed by atoms with Gasteiger partial charge in [0.15, 0.2) is 23.3 Å². The molecule has 4 aliphatic carbocycles. The molecule has 5 aliphatic rings. The third kappa shape index (κ3) is 3.80. The number of anilines is 1. The second-order valence-electron chi connectivity index (χ2n) is 13.2. The van der Waals surface area contributed by atoms with Gasteiger partial charge in [0, 0.05) is 28.0 Å². The van der Waals surface area contributed by atoms with Gasteiger partial charge in [0.2, 0.25) is 5.78 Å². The van der Waals surface area contributed by atoms with Crippen molar-refractivity contribution in [3.05, 3.63) is 83.7 Å². The molecule has 3 saturated carbocycles. The minimum atomic E-state index is -2.33. The molecule has 2 aromatic rings. The molecule has 0 aromatic heterocycles. The molecule has 0 radical (unpaired) electrons. The first-order valence-corrected chi connectivity index (χ1v) is 14.9. The summed E-state index contributed by atoms with van der Waals surface area (Å²) in [6.07, 6.45) is -1.87. The van der Waals surface area contributed by atoms with Crippen molar-refractivity contribution >= 4 is 17.3 Å². The van der Waals surface area contributed by atoms with Gasteiger partial charge in [-0.1, -0.05) is 25.1 Å². The van der Waals surface area contributed by atoms with E-state index in [1.807, 2.05) is 0 Å². The van der Waals surface area contributed by atoms with E-state index in [9.17, 15) is 19.1 Å². The van der Waals surface area contributed by atoms with Gasteiger partial charge in [-0.2, -0.15) is 0 Å². The Labute approximate surface area is 252 Å². The van der Waals surface area contributed by atoms with E-state index in [4.69, 9.17) is 19.9 Å². The van der Waals surface area contributed by atoms with Gasteiger partial charge in [0.25, 0.3) is 0 Å². The third-order valence-electron chi connectivity index (χ3n) is 11.2. The van der Waals surface area contributed by atoms with E-state index in [2.05, 4.69) is 0 Å². The SMILES string of the molecule is C[C@]12C=CC(=O)C=C1[C@@H](F)C[C@H]1[C@@H]3C[C@H]4O[C@@H](c5cccc(F)c5)O[C@@]4(C(=O)COc4ccc(N)cc4)[C@@]3(C)C[C@H](O)[C@@]12F. The van der Waals surface area contributed by atoms with Crippen LogP contribution >= 0.6 is 0 Å². The molecule has 1 aliphatic heterocycles. The monoisotopic (exact) mass is 609 g/mol. The highest BCUT2D eigenvalue weighted by molar-refractivity contribution is 6.01. The molecule has 232 valence electrons. The molecule has 1 saturated heterocycles. The third-order valence-corrected chi connectivity index (χ3v) is 11.2. The smallest absolute Gasteiger partial charge is 0.205 e. The maximum Gasteiger partial charge on any atom is 0.205 e. The molecule has 1 heterocycles. The van der Waals surface area contributed by atoms with E-state index in [1.165, 1.54) is 37.3 Å².